The van der Waals surface area contributed by atoms with E-state index in [1.54, 1.807) is 57.6 Å². The van der Waals surface area contributed by atoms with Crippen LogP contribution in [0, 0.1) is 9.39 Å². The van der Waals surface area contributed by atoms with E-state index in [9.17, 15) is 67.9 Å². The first kappa shape index (κ1) is 101. The SMILES string of the molecule is CC(C)(C)c1ccc(NC(=O)N2CCN(c3ncccc3I)CC2)cc1.CC1CN(C(=O)Nc2ccc(C(C)(C)C)cc2)CCN1c1ncccc1Cl.CC1CN(C(=O)Nc2ccc(OC(F)(F)F)cc2)CCN1c1ncccc1Cl.O=C(Nc1ccc(C(F)(F)F)cc1)N1CCN(c2ncccc2Cl)CC1.O=C(Nc1ccc(C(F)(F)F)cc1)N1CCN(c2ncccc2F)CC1. The van der Waals surface area contributed by atoms with Crippen LogP contribution in [0.15, 0.2) is 213 Å². The molecule has 10 heterocycles. The minimum atomic E-state index is -4.75. The van der Waals surface area contributed by atoms with Crippen LogP contribution < -0.4 is 55.8 Å². The topological polar surface area (TPSA) is 252 Å². The number of benzene rings is 5. The molecular weight excluding hydrogens is 1920 g/mol. The molecule has 5 aromatic carbocycles. The average molecular weight is 2020 g/mol. The Hall–Kier alpha value is -12.1. The highest BCUT2D eigenvalue weighted by Crippen LogP contribution is 2.36. The number of nitrogens with one attached hydrogen (secondary N) is 5. The van der Waals surface area contributed by atoms with Gasteiger partial charge in [0.15, 0.2) is 11.6 Å². The molecule has 0 radical (unpaired) electrons. The zero-order valence-corrected chi connectivity index (χ0v) is 78.5. The van der Waals surface area contributed by atoms with E-state index in [2.05, 4.69) is 167 Å². The van der Waals surface area contributed by atoms with Crippen molar-refractivity contribution in [2.24, 2.45) is 0 Å². The van der Waals surface area contributed by atoms with Crippen molar-refractivity contribution in [3.8, 4) is 5.75 Å². The summed E-state index contributed by atoms with van der Waals surface area (Å²) in [6.45, 7) is 27.1. The van der Waals surface area contributed by atoms with E-state index in [1.165, 1.54) is 70.8 Å². The number of anilines is 10. The van der Waals surface area contributed by atoms with Crippen LogP contribution in [0.3, 0.4) is 0 Å². The lowest BCUT2D eigenvalue weighted by atomic mass is 9.87. The summed E-state index contributed by atoms with van der Waals surface area (Å²) in [7, 11) is 0. The first-order valence-corrected chi connectivity index (χ1v) is 44.7. The molecule has 26 nitrogen and oxygen atoms in total. The molecule has 5 aliphatic rings. The summed E-state index contributed by atoms with van der Waals surface area (Å²) in [6, 6.07) is 46.3. The van der Waals surface area contributed by atoms with Crippen LogP contribution in [0.4, 0.5) is 125 Å². The zero-order chi connectivity index (χ0) is 96.1. The average Bonchev–Trinajstić information content (AvgIpc) is 0.809. The van der Waals surface area contributed by atoms with E-state index in [0.29, 0.717) is 143 Å². The van der Waals surface area contributed by atoms with Gasteiger partial charge in [0.1, 0.15) is 29.0 Å². The largest absolute Gasteiger partial charge is 0.573 e. The van der Waals surface area contributed by atoms with E-state index >= 15 is 0 Å². The number of amides is 10. The van der Waals surface area contributed by atoms with Gasteiger partial charge >= 0.3 is 48.9 Å². The van der Waals surface area contributed by atoms with Crippen molar-refractivity contribution < 1.29 is 72.6 Å². The lowest BCUT2D eigenvalue weighted by Gasteiger charge is -2.40. The second-order valence-corrected chi connectivity index (χ2v) is 35.9. The predicted molar refractivity (Wildman–Crippen MR) is 508 cm³/mol. The molecule has 0 aliphatic carbocycles. The Morgan fingerprint density at radius 1 is 0.338 bits per heavy atom. The summed E-state index contributed by atoms with van der Waals surface area (Å²) in [4.78, 5) is 102. The Balaban J connectivity index is 0.000000160. The van der Waals surface area contributed by atoms with E-state index in [1.807, 2.05) is 75.2 Å². The van der Waals surface area contributed by atoms with Gasteiger partial charge in [-0.05, 0) is 216 Å². The highest BCUT2D eigenvalue weighted by Gasteiger charge is 2.36. The Kier molecular flexibility index (Phi) is 34.7. The number of nitrogens with zero attached hydrogens (tertiary/aromatic N) is 15. The molecule has 15 rings (SSSR count). The third-order valence-corrected chi connectivity index (χ3v) is 23.7. The lowest BCUT2D eigenvalue weighted by Crippen LogP contribution is -2.55. The fourth-order valence-corrected chi connectivity index (χ4v) is 16.0. The molecule has 2 unspecified atom stereocenters. The summed E-state index contributed by atoms with van der Waals surface area (Å²) >= 11 is 20.9. The molecule has 5 fully saturated rings. The number of ether oxygens (including phenoxy) is 1. The highest BCUT2D eigenvalue weighted by molar-refractivity contribution is 14.1. The third kappa shape index (κ3) is 29.4. The second kappa shape index (κ2) is 45.6. The Morgan fingerprint density at radius 2 is 0.602 bits per heavy atom. The number of carbonyl (C=O) groups is 5. The quantitative estimate of drug-likeness (QED) is 0.0596. The maximum atomic E-state index is 13.8. The van der Waals surface area contributed by atoms with Crippen LogP contribution in [0.25, 0.3) is 0 Å². The van der Waals surface area contributed by atoms with Gasteiger partial charge in [-0.25, -0.2) is 53.3 Å². The van der Waals surface area contributed by atoms with Crippen LogP contribution in [-0.4, -0.2) is 216 Å². The van der Waals surface area contributed by atoms with Gasteiger partial charge < -0.3 is 80.3 Å². The number of pyridine rings is 5. The molecule has 0 saturated carbocycles. The first-order chi connectivity index (χ1) is 63.0. The number of carbonyl (C=O) groups excluding carboxylic acids is 5. The minimum Gasteiger partial charge on any atom is -0.406 e. The Labute approximate surface area is 793 Å². The van der Waals surface area contributed by atoms with Crippen molar-refractivity contribution in [3.05, 3.63) is 260 Å². The molecule has 10 amide bonds. The molecule has 5 N–H and O–H groups in total. The Morgan fingerprint density at radius 3 is 0.895 bits per heavy atom. The lowest BCUT2D eigenvalue weighted by molar-refractivity contribution is -0.274. The molecule has 5 aromatic heterocycles. The smallest absolute Gasteiger partial charge is 0.406 e. The first-order valence-electron chi connectivity index (χ1n) is 42.5. The van der Waals surface area contributed by atoms with E-state index in [0.717, 1.165) is 76.1 Å². The normalized spacial score (nSPS) is 16.1. The van der Waals surface area contributed by atoms with Crippen LogP contribution >= 0.6 is 57.4 Å². The second-order valence-electron chi connectivity index (χ2n) is 33.5. The third-order valence-electron chi connectivity index (χ3n) is 21.9. The molecular formula is C93H102Cl3F10IN20O6. The molecule has 708 valence electrons. The van der Waals surface area contributed by atoms with Gasteiger partial charge in [0.2, 0.25) is 0 Å². The number of halogens is 14. The van der Waals surface area contributed by atoms with Crippen LogP contribution in [0.5, 0.6) is 5.75 Å². The molecule has 133 heavy (non-hydrogen) atoms. The molecule has 5 saturated heterocycles. The molecule has 10 aromatic rings. The van der Waals surface area contributed by atoms with E-state index < -0.39 is 41.7 Å². The standard InChI is InChI=1S/C21H27ClN4O.C20H25IN4O.C18H18ClF3N4O2.C17H16ClF3N4O.C17H16F4N4O/c1-15-14-25(12-13-26(15)19-18(22)6-5-11-23-19)20(27)24-17-9-7-16(8-10-17)21(2,3)4;1-20(2,3)15-6-8-16(9-7-15)23-19(26)25-13-11-24(12-14-25)18-17(21)5-4-10-22-18;1-12-11-25(9-10-26(12)16-15(19)3-2-8-23-16)17(27)24-13-4-6-14(7-5-13)28-18(20,21)22;2*18-14-2-1-7-22-15(14)24-8-10-25(11-9-24)16(26)23-13-5-3-12(4-6-13)17(19,20)21/h5-11,15H,12-14H2,1-4H3,(H,24,27);4-10H,11-14H2,1-3H3,(H,23,26);2-8,12H,9-11H2,1H3,(H,24,27);2*1-7H,8-11H2,(H,23,26). The van der Waals surface area contributed by atoms with Crippen molar-refractivity contribution in [2.45, 2.75) is 97.0 Å². The van der Waals surface area contributed by atoms with Crippen LogP contribution in [0.1, 0.15) is 77.6 Å². The summed E-state index contributed by atoms with van der Waals surface area (Å²) in [6.07, 6.45) is -5.18. The number of rotatable bonds is 11. The number of alkyl halides is 9. The van der Waals surface area contributed by atoms with Gasteiger partial charge in [-0.3, -0.25) is 0 Å². The molecule has 40 heteroatoms. The van der Waals surface area contributed by atoms with Gasteiger partial charge in [0, 0.05) is 189 Å². The van der Waals surface area contributed by atoms with Crippen molar-refractivity contribution in [1.82, 2.24) is 49.4 Å². The molecule has 0 bridgehead atoms. The Bertz CT molecular complexity index is 5200. The number of aromatic nitrogens is 5. The molecule has 2 atom stereocenters. The molecule has 5 aliphatic heterocycles. The predicted octanol–water partition coefficient (Wildman–Crippen LogP) is 21.2. The van der Waals surface area contributed by atoms with Crippen molar-refractivity contribution in [2.75, 3.05) is 169 Å². The summed E-state index contributed by atoms with van der Waals surface area (Å²) in [5.74, 6) is 2.62. The van der Waals surface area contributed by atoms with Gasteiger partial charge in [-0.2, -0.15) is 26.3 Å². The zero-order valence-electron chi connectivity index (χ0n) is 74.0. The summed E-state index contributed by atoms with van der Waals surface area (Å²) in [5, 5.41) is 15.6. The van der Waals surface area contributed by atoms with Crippen LogP contribution in [-0.2, 0) is 23.2 Å². The van der Waals surface area contributed by atoms with Gasteiger partial charge in [0.05, 0.1) is 29.8 Å². The minimum absolute atomic E-state index is 0.00513. The number of hydrogen-bond acceptors (Lipinski definition) is 16. The van der Waals surface area contributed by atoms with Crippen molar-refractivity contribution in [1.29, 1.82) is 0 Å². The van der Waals surface area contributed by atoms with E-state index in [-0.39, 0.29) is 64.3 Å². The fourth-order valence-electron chi connectivity index (χ4n) is 14.6. The number of urea groups is 5. The highest BCUT2D eigenvalue weighted by atomic mass is 127. The van der Waals surface area contributed by atoms with Gasteiger partial charge in [0.25, 0.3) is 0 Å². The van der Waals surface area contributed by atoms with Crippen molar-refractivity contribution in [3.63, 3.8) is 0 Å². The van der Waals surface area contributed by atoms with E-state index in [4.69, 9.17) is 34.8 Å². The summed E-state index contributed by atoms with van der Waals surface area (Å²) in [5.41, 5.74) is 3.81. The fraction of sp³-hybridized carbons (Fsp3) is 0.355. The number of hydrogen-bond donors (Lipinski definition) is 5. The summed E-state index contributed by atoms with van der Waals surface area (Å²) < 4.78 is 131. The molecule has 0 spiro atoms. The monoisotopic (exact) mass is 2020 g/mol. The van der Waals surface area contributed by atoms with Crippen LogP contribution in [0.2, 0.25) is 15.1 Å². The van der Waals surface area contributed by atoms with Crippen molar-refractivity contribution >= 4 is 145 Å². The number of piperazine rings is 5. The van der Waals surface area contributed by atoms with Gasteiger partial charge in [-0.1, -0.05) is 101 Å². The van der Waals surface area contributed by atoms with Gasteiger partial charge in [-0.15, -0.1) is 13.2 Å². The maximum absolute atomic E-state index is 13.8. The maximum Gasteiger partial charge on any atom is 0.573 e.